The number of rotatable bonds is 3. The first kappa shape index (κ1) is 14.8. The van der Waals surface area contributed by atoms with Crippen LogP contribution in [0.1, 0.15) is 12.8 Å². The highest BCUT2D eigenvalue weighted by molar-refractivity contribution is 7.90. The fourth-order valence-electron chi connectivity index (χ4n) is 2.00. The van der Waals surface area contributed by atoms with Gasteiger partial charge in [0.1, 0.15) is 0 Å². The van der Waals surface area contributed by atoms with Crippen LogP contribution in [0.25, 0.3) is 0 Å². The second-order valence-electron chi connectivity index (χ2n) is 4.68. The van der Waals surface area contributed by atoms with Crippen LogP contribution in [0.3, 0.4) is 0 Å². The van der Waals surface area contributed by atoms with E-state index in [1.165, 1.54) is 12.3 Å². The van der Waals surface area contributed by atoms with E-state index in [1.807, 2.05) is 0 Å². The Labute approximate surface area is 120 Å². The monoisotopic (exact) mass is 321 g/mol. The summed E-state index contributed by atoms with van der Waals surface area (Å²) < 4.78 is 34.3. The predicted molar refractivity (Wildman–Crippen MR) is 79.1 cm³/mol. The average molecular weight is 322 g/mol. The zero-order chi connectivity index (χ0) is 14.0. The van der Waals surface area contributed by atoms with Gasteiger partial charge in [-0.3, -0.25) is 4.21 Å². The normalized spacial score (nSPS) is 24.1. The van der Waals surface area contributed by atoms with Crippen LogP contribution in [0.4, 0.5) is 5.69 Å². The van der Waals surface area contributed by atoms with Crippen molar-refractivity contribution >= 4 is 37.9 Å². The Hall–Kier alpha value is -0.590. The second kappa shape index (κ2) is 5.81. The highest BCUT2D eigenvalue weighted by Gasteiger charge is 2.19. The van der Waals surface area contributed by atoms with Gasteiger partial charge in [-0.15, -0.1) is 0 Å². The molecule has 1 N–H and O–H groups in total. The van der Waals surface area contributed by atoms with Crippen molar-refractivity contribution in [2.45, 2.75) is 23.8 Å². The smallest absolute Gasteiger partial charge is 0.175 e. The summed E-state index contributed by atoms with van der Waals surface area (Å²) >= 11 is 6.08. The molecule has 1 aliphatic heterocycles. The van der Waals surface area contributed by atoms with Gasteiger partial charge in [-0.05, 0) is 31.0 Å². The Kier molecular flexibility index (Phi) is 4.53. The molecule has 19 heavy (non-hydrogen) atoms. The van der Waals surface area contributed by atoms with Crippen LogP contribution >= 0.6 is 11.6 Å². The molecule has 0 bridgehead atoms. The number of hydrogen-bond donors (Lipinski definition) is 1. The van der Waals surface area contributed by atoms with Gasteiger partial charge in [0.05, 0.1) is 15.6 Å². The molecule has 0 amide bonds. The minimum atomic E-state index is -3.24. The minimum Gasteiger partial charge on any atom is -0.381 e. The Morgan fingerprint density at radius 1 is 1.32 bits per heavy atom. The van der Waals surface area contributed by atoms with Gasteiger partial charge in [0.25, 0.3) is 0 Å². The number of nitrogens with one attached hydrogen (secondary N) is 1. The van der Waals surface area contributed by atoms with Gasteiger partial charge in [0.2, 0.25) is 0 Å². The molecule has 2 rings (SSSR count). The van der Waals surface area contributed by atoms with Crippen molar-refractivity contribution < 1.29 is 12.6 Å². The third-order valence-corrected chi connectivity index (χ3v) is 5.94. The average Bonchev–Trinajstić information content (AvgIpc) is 2.33. The molecule has 1 aromatic carbocycles. The van der Waals surface area contributed by atoms with E-state index in [-0.39, 0.29) is 10.9 Å². The molecule has 1 aromatic rings. The van der Waals surface area contributed by atoms with Crippen LogP contribution < -0.4 is 5.32 Å². The molecule has 1 fully saturated rings. The van der Waals surface area contributed by atoms with Gasteiger partial charge in [0, 0.05) is 34.6 Å². The lowest BCUT2D eigenvalue weighted by molar-refractivity contribution is 0.602. The SMILES string of the molecule is CS(=O)(=O)c1ccc(Cl)c(NC2CCS(=O)CC2)c1. The van der Waals surface area contributed by atoms with Crippen LogP contribution in [0.2, 0.25) is 5.02 Å². The number of sulfone groups is 1. The molecule has 1 heterocycles. The second-order valence-corrected chi connectivity index (χ2v) is 8.80. The molecule has 106 valence electrons. The first-order chi connectivity index (χ1) is 8.86. The summed E-state index contributed by atoms with van der Waals surface area (Å²) in [5.74, 6) is 1.36. The Morgan fingerprint density at radius 3 is 2.53 bits per heavy atom. The predicted octanol–water partition coefficient (Wildman–Crippen LogP) is 2.07. The van der Waals surface area contributed by atoms with Gasteiger partial charge in [0.15, 0.2) is 9.84 Å². The van der Waals surface area contributed by atoms with Gasteiger partial charge in [-0.1, -0.05) is 11.6 Å². The van der Waals surface area contributed by atoms with Crippen molar-refractivity contribution in [2.24, 2.45) is 0 Å². The summed E-state index contributed by atoms with van der Waals surface area (Å²) in [5, 5.41) is 3.75. The van der Waals surface area contributed by atoms with E-state index in [1.54, 1.807) is 12.1 Å². The van der Waals surface area contributed by atoms with Crippen molar-refractivity contribution in [1.82, 2.24) is 0 Å². The van der Waals surface area contributed by atoms with Gasteiger partial charge < -0.3 is 5.32 Å². The lowest BCUT2D eigenvalue weighted by atomic mass is 10.1. The van der Waals surface area contributed by atoms with Crippen LogP contribution in [0.15, 0.2) is 23.1 Å². The maximum Gasteiger partial charge on any atom is 0.175 e. The number of halogens is 1. The van der Waals surface area contributed by atoms with E-state index in [2.05, 4.69) is 5.32 Å². The summed E-state index contributed by atoms with van der Waals surface area (Å²) in [5.41, 5.74) is 0.627. The van der Waals surface area contributed by atoms with Crippen molar-refractivity contribution in [3.05, 3.63) is 23.2 Å². The molecule has 0 unspecified atom stereocenters. The van der Waals surface area contributed by atoms with Gasteiger partial charge in [-0.2, -0.15) is 0 Å². The van der Waals surface area contributed by atoms with Gasteiger partial charge in [-0.25, -0.2) is 8.42 Å². The van der Waals surface area contributed by atoms with Crippen molar-refractivity contribution in [3.63, 3.8) is 0 Å². The van der Waals surface area contributed by atoms with E-state index in [0.29, 0.717) is 22.2 Å². The van der Waals surface area contributed by atoms with E-state index in [4.69, 9.17) is 11.6 Å². The minimum absolute atomic E-state index is 0.199. The Balaban J connectivity index is 2.18. The lowest BCUT2D eigenvalue weighted by Crippen LogP contribution is -2.29. The molecule has 0 aromatic heterocycles. The fraction of sp³-hybridized carbons (Fsp3) is 0.500. The summed E-state index contributed by atoms with van der Waals surface area (Å²) in [4.78, 5) is 0.249. The first-order valence-electron chi connectivity index (χ1n) is 5.97. The molecule has 0 saturated carbocycles. The zero-order valence-electron chi connectivity index (χ0n) is 10.6. The molecule has 4 nitrogen and oxygen atoms in total. The molecule has 7 heteroatoms. The maximum absolute atomic E-state index is 11.5. The highest BCUT2D eigenvalue weighted by Crippen LogP contribution is 2.27. The van der Waals surface area contributed by atoms with Crippen molar-refractivity contribution in [3.8, 4) is 0 Å². The van der Waals surface area contributed by atoms with Crippen LogP contribution in [-0.4, -0.2) is 36.4 Å². The highest BCUT2D eigenvalue weighted by atomic mass is 35.5. The molecule has 1 aliphatic rings. The Morgan fingerprint density at radius 2 is 1.95 bits per heavy atom. The van der Waals surface area contributed by atoms with E-state index in [9.17, 15) is 12.6 Å². The lowest BCUT2D eigenvalue weighted by Gasteiger charge is -2.24. The standard InChI is InChI=1S/C12H16ClNO3S2/c1-19(16,17)10-2-3-11(13)12(8-10)14-9-4-6-18(15)7-5-9/h2-3,8-9,14H,4-7H2,1H3. The molecule has 1 saturated heterocycles. The third kappa shape index (κ3) is 3.94. The van der Waals surface area contributed by atoms with E-state index in [0.717, 1.165) is 12.8 Å². The van der Waals surface area contributed by atoms with Crippen molar-refractivity contribution in [1.29, 1.82) is 0 Å². The molecular weight excluding hydrogens is 306 g/mol. The molecule has 0 atom stereocenters. The third-order valence-electron chi connectivity index (χ3n) is 3.11. The summed E-state index contributed by atoms with van der Waals surface area (Å²) in [6, 6.07) is 4.84. The van der Waals surface area contributed by atoms with Crippen LogP contribution in [0, 0.1) is 0 Å². The zero-order valence-corrected chi connectivity index (χ0v) is 12.9. The van der Waals surface area contributed by atoms with E-state index < -0.39 is 20.6 Å². The number of hydrogen-bond acceptors (Lipinski definition) is 4. The van der Waals surface area contributed by atoms with E-state index >= 15 is 0 Å². The molecule has 0 radical (unpaired) electrons. The van der Waals surface area contributed by atoms with Crippen LogP contribution in [-0.2, 0) is 20.6 Å². The van der Waals surface area contributed by atoms with Gasteiger partial charge >= 0.3 is 0 Å². The largest absolute Gasteiger partial charge is 0.381 e. The summed E-state index contributed by atoms with van der Waals surface area (Å²) in [6.45, 7) is 0. The topological polar surface area (TPSA) is 63.2 Å². The number of benzene rings is 1. The Bertz CT molecular complexity index is 591. The maximum atomic E-state index is 11.5. The summed E-state index contributed by atoms with van der Waals surface area (Å²) in [6.07, 6.45) is 2.79. The van der Waals surface area contributed by atoms with Crippen LogP contribution in [0.5, 0.6) is 0 Å². The fourth-order valence-corrected chi connectivity index (χ4v) is 4.12. The quantitative estimate of drug-likeness (QED) is 0.925. The molecule has 0 spiro atoms. The van der Waals surface area contributed by atoms with Crippen molar-refractivity contribution in [2.75, 3.05) is 23.1 Å². The number of anilines is 1. The molecule has 0 aliphatic carbocycles. The molecular formula is C12H16ClNO3S2. The first-order valence-corrected chi connectivity index (χ1v) is 9.73. The summed E-state index contributed by atoms with van der Waals surface area (Å²) in [7, 11) is -3.95.